The molecule has 0 bridgehead atoms. The minimum Gasteiger partial charge on any atom is -0.493 e. The van der Waals surface area contributed by atoms with Crippen molar-refractivity contribution in [2.24, 2.45) is 0 Å². The van der Waals surface area contributed by atoms with Crippen molar-refractivity contribution in [1.29, 1.82) is 0 Å². The van der Waals surface area contributed by atoms with Gasteiger partial charge in [-0.25, -0.2) is 15.0 Å². The second-order valence-corrected chi connectivity index (χ2v) is 11.1. The van der Waals surface area contributed by atoms with Crippen molar-refractivity contribution in [2.75, 3.05) is 44.4 Å². The maximum Gasteiger partial charge on any atom is 0.255 e. The molecule has 0 aliphatic carbocycles. The number of ether oxygens (including phenoxy) is 2. The molecule has 0 unspecified atom stereocenters. The number of nitrogens with zero attached hydrogens (tertiary/aromatic N) is 4. The van der Waals surface area contributed by atoms with E-state index in [0.717, 1.165) is 53.1 Å². The molecule has 3 aromatic carbocycles. The van der Waals surface area contributed by atoms with Crippen LogP contribution in [0, 0.1) is 13.8 Å². The van der Waals surface area contributed by atoms with E-state index in [4.69, 9.17) is 25.2 Å². The van der Waals surface area contributed by atoms with Crippen LogP contribution in [-0.2, 0) is 0 Å². The predicted octanol–water partition coefficient (Wildman–Crippen LogP) is 6.48. The summed E-state index contributed by atoms with van der Waals surface area (Å²) in [6.07, 6.45) is 0.899. The molecule has 218 valence electrons. The first kappa shape index (κ1) is 29.2. The summed E-state index contributed by atoms with van der Waals surface area (Å²) in [6, 6.07) is 15.1. The Morgan fingerprint density at radius 2 is 1.74 bits per heavy atom. The number of anilines is 2. The summed E-state index contributed by atoms with van der Waals surface area (Å²) in [5, 5.41) is 4.34. The van der Waals surface area contributed by atoms with Gasteiger partial charge in [-0.2, -0.15) is 0 Å². The number of benzene rings is 3. The molecule has 5 aromatic rings. The van der Waals surface area contributed by atoms with Gasteiger partial charge in [-0.3, -0.25) is 4.79 Å². The number of nitrogen functional groups attached to an aromatic ring is 1. The molecule has 3 N–H and O–H groups in total. The summed E-state index contributed by atoms with van der Waals surface area (Å²) in [5.41, 5.74) is 11.2. The molecule has 0 fully saturated rings. The van der Waals surface area contributed by atoms with E-state index in [2.05, 4.69) is 29.0 Å². The highest BCUT2D eigenvalue weighted by Crippen LogP contribution is 2.36. The Hall–Kier alpha value is -4.28. The van der Waals surface area contributed by atoms with Gasteiger partial charge in [0.1, 0.15) is 5.82 Å². The number of para-hydroxylation sites is 1. The molecule has 1 amide bonds. The Balaban J connectivity index is 1.40. The van der Waals surface area contributed by atoms with Gasteiger partial charge >= 0.3 is 0 Å². The molecule has 0 saturated carbocycles. The molecule has 0 radical (unpaired) electrons. The van der Waals surface area contributed by atoms with Crippen molar-refractivity contribution < 1.29 is 14.3 Å². The minimum absolute atomic E-state index is 0.172. The molecule has 0 saturated heterocycles. The highest BCUT2D eigenvalue weighted by atomic mass is 32.1. The number of thiazole rings is 1. The lowest BCUT2D eigenvalue weighted by atomic mass is 10.1. The largest absolute Gasteiger partial charge is 0.493 e. The third-order valence-corrected chi connectivity index (χ3v) is 8.36. The van der Waals surface area contributed by atoms with Crippen LogP contribution in [0.3, 0.4) is 0 Å². The Bertz CT molecular complexity index is 1730. The molecule has 0 spiro atoms. The molecule has 10 heteroatoms. The van der Waals surface area contributed by atoms with E-state index in [1.54, 1.807) is 13.2 Å². The Kier molecular flexibility index (Phi) is 8.84. The summed E-state index contributed by atoms with van der Waals surface area (Å²) >= 11 is 1.42. The number of rotatable bonds is 11. The predicted molar refractivity (Wildman–Crippen MR) is 171 cm³/mol. The number of fused-ring (bicyclic) bond motifs is 2. The quantitative estimate of drug-likeness (QED) is 0.170. The zero-order valence-corrected chi connectivity index (χ0v) is 25.5. The highest BCUT2D eigenvalue weighted by molar-refractivity contribution is 7.21. The van der Waals surface area contributed by atoms with E-state index in [0.29, 0.717) is 51.2 Å². The average molecular weight is 585 g/mol. The number of hydrogen-bond donors (Lipinski definition) is 2. The topological polar surface area (TPSA) is 115 Å². The SMILES string of the molecule is CCN(CC)CCCOc1cc2nc(-c3nc4ccc(C(=O)Nc5c(C)cccc5C)cc4s3)nc(N)c2cc1OC. The zero-order chi connectivity index (χ0) is 29.8. The van der Waals surface area contributed by atoms with Gasteiger partial charge in [-0.1, -0.05) is 32.0 Å². The summed E-state index contributed by atoms with van der Waals surface area (Å²) < 4.78 is 12.5. The van der Waals surface area contributed by atoms with E-state index in [9.17, 15) is 4.79 Å². The maximum absolute atomic E-state index is 13.1. The lowest BCUT2D eigenvalue weighted by Crippen LogP contribution is -2.25. The van der Waals surface area contributed by atoms with Crippen molar-refractivity contribution in [3.05, 3.63) is 65.2 Å². The molecule has 0 aliphatic heterocycles. The molecule has 42 heavy (non-hydrogen) atoms. The summed E-state index contributed by atoms with van der Waals surface area (Å²) in [7, 11) is 1.60. The summed E-state index contributed by atoms with van der Waals surface area (Å²) in [5.74, 6) is 1.77. The van der Waals surface area contributed by atoms with Crippen molar-refractivity contribution >= 4 is 49.9 Å². The first-order valence-corrected chi connectivity index (χ1v) is 14.9. The Morgan fingerprint density at radius 3 is 2.45 bits per heavy atom. The molecule has 0 atom stereocenters. The third-order valence-electron chi connectivity index (χ3n) is 7.34. The third kappa shape index (κ3) is 6.14. The van der Waals surface area contributed by atoms with E-state index in [-0.39, 0.29) is 5.91 Å². The van der Waals surface area contributed by atoms with Crippen LogP contribution in [0.4, 0.5) is 11.5 Å². The van der Waals surface area contributed by atoms with Crippen molar-refractivity contribution in [3.8, 4) is 22.3 Å². The second kappa shape index (κ2) is 12.7. The molecule has 9 nitrogen and oxygen atoms in total. The molecule has 2 heterocycles. The van der Waals surface area contributed by atoms with Crippen LogP contribution in [0.1, 0.15) is 41.8 Å². The van der Waals surface area contributed by atoms with Crippen molar-refractivity contribution in [1.82, 2.24) is 19.9 Å². The van der Waals surface area contributed by atoms with Crippen molar-refractivity contribution in [2.45, 2.75) is 34.1 Å². The minimum atomic E-state index is -0.172. The summed E-state index contributed by atoms with van der Waals surface area (Å²) in [4.78, 5) is 29.5. The first-order chi connectivity index (χ1) is 20.3. The fourth-order valence-corrected chi connectivity index (χ4v) is 5.84. The van der Waals surface area contributed by atoms with Crippen LogP contribution in [-0.4, -0.2) is 59.1 Å². The van der Waals surface area contributed by atoms with Gasteiger partial charge in [0.15, 0.2) is 22.3 Å². The number of carbonyl (C=O) groups is 1. The smallest absolute Gasteiger partial charge is 0.255 e. The zero-order valence-electron chi connectivity index (χ0n) is 24.7. The normalized spacial score (nSPS) is 11.4. The second-order valence-electron chi connectivity index (χ2n) is 10.1. The van der Waals surface area contributed by atoms with Gasteiger partial charge < -0.3 is 25.4 Å². The number of aromatic nitrogens is 3. The van der Waals surface area contributed by atoms with Crippen LogP contribution < -0.4 is 20.5 Å². The van der Waals surface area contributed by atoms with Gasteiger partial charge in [0.05, 0.1) is 29.5 Å². The van der Waals surface area contributed by atoms with E-state index >= 15 is 0 Å². The number of carbonyl (C=O) groups excluding carboxylic acids is 1. The van der Waals surface area contributed by atoms with E-state index in [1.165, 1.54) is 11.3 Å². The van der Waals surface area contributed by atoms with E-state index < -0.39 is 0 Å². The van der Waals surface area contributed by atoms with Gasteiger partial charge in [0, 0.05) is 29.2 Å². The Morgan fingerprint density at radius 1 is 0.976 bits per heavy atom. The van der Waals surface area contributed by atoms with Crippen LogP contribution in [0.5, 0.6) is 11.5 Å². The molecule has 2 aromatic heterocycles. The van der Waals surface area contributed by atoms with Crippen LogP contribution in [0.2, 0.25) is 0 Å². The maximum atomic E-state index is 13.1. The molecular weight excluding hydrogens is 548 g/mol. The van der Waals surface area contributed by atoms with Gasteiger partial charge in [0.2, 0.25) is 0 Å². The fraction of sp³-hybridized carbons (Fsp3) is 0.312. The number of methoxy groups -OCH3 is 1. The van der Waals surface area contributed by atoms with Crippen LogP contribution in [0.15, 0.2) is 48.5 Å². The molecular formula is C32H36N6O3S. The number of nitrogens with two attached hydrogens (primary N) is 1. The first-order valence-electron chi connectivity index (χ1n) is 14.1. The lowest BCUT2D eigenvalue weighted by Gasteiger charge is -2.18. The lowest BCUT2D eigenvalue weighted by molar-refractivity contribution is 0.102. The average Bonchev–Trinajstić information content (AvgIpc) is 3.42. The van der Waals surface area contributed by atoms with Crippen LogP contribution >= 0.6 is 11.3 Å². The fourth-order valence-electron chi connectivity index (χ4n) is 4.90. The monoisotopic (exact) mass is 584 g/mol. The highest BCUT2D eigenvalue weighted by Gasteiger charge is 2.17. The number of hydrogen-bond acceptors (Lipinski definition) is 9. The van der Waals surface area contributed by atoms with Gasteiger partial charge in [-0.15, -0.1) is 11.3 Å². The number of amides is 1. The van der Waals surface area contributed by atoms with Crippen molar-refractivity contribution in [3.63, 3.8) is 0 Å². The standard InChI is InChI=1S/C32H36N6O3S/c1-6-38(7-2)14-9-15-41-26-18-24-22(17-25(26)40-5)29(33)37-30(34-24)32-35-23-13-12-21(16-27(23)42-32)31(39)36-28-19(3)10-8-11-20(28)4/h8,10-13,16-18H,6-7,9,14-15H2,1-5H3,(H,36,39)(H2,33,34,37). The van der Waals surface area contributed by atoms with Crippen LogP contribution in [0.25, 0.3) is 32.0 Å². The van der Waals surface area contributed by atoms with Gasteiger partial charge in [-0.05, 0) is 68.8 Å². The van der Waals surface area contributed by atoms with Gasteiger partial charge in [0.25, 0.3) is 5.91 Å². The molecule has 0 aliphatic rings. The number of nitrogens with one attached hydrogen (secondary N) is 1. The summed E-state index contributed by atoms with van der Waals surface area (Å²) in [6.45, 7) is 11.8. The number of aryl methyl sites for hydroxylation is 2. The van der Waals surface area contributed by atoms with E-state index in [1.807, 2.05) is 56.3 Å². The molecule has 5 rings (SSSR count). The Labute approximate surface area is 249 Å².